The van der Waals surface area contributed by atoms with Crippen molar-refractivity contribution in [2.45, 2.75) is 52.7 Å². The van der Waals surface area contributed by atoms with Crippen molar-refractivity contribution in [1.29, 1.82) is 0 Å². The second kappa shape index (κ2) is 4.44. The molecule has 1 aliphatic rings. The lowest BCUT2D eigenvalue weighted by Crippen LogP contribution is -2.28. The van der Waals surface area contributed by atoms with Crippen LogP contribution in [-0.4, -0.2) is 23.5 Å². The van der Waals surface area contributed by atoms with Gasteiger partial charge in [0.15, 0.2) is 0 Å². The number of carbonyl (C=O) groups is 2. The zero-order chi connectivity index (χ0) is 12.5. The lowest BCUT2D eigenvalue weighted by Gasteiger charge is -2.21. The van der Waals surface area contributed by atoms with Crippen LogP contribution in [-0.2, 0) is 14.3 Å². The smallest absolute Gasteiger partial charge is 0.307 e. The van der Waals surface area contributed by atoms with E-state index in [1.165, 1.54) is 0 Å². The summed E-state index contributed by atoms with van der Waals surface area (Å²) in [5, 5.41) is 2.84. The maximum atomic E-state index is 11.6. The molecule has 0 radical (unpaired) electrons. The largest absolute Gasteiger partial charge is 0.460 e. The van der Waals surface area contributed by atoms with Gasteiger partial charge in [-0.2, -0.15) is 0 Å². The third-order valence-corrected chi connectivity index (χ3v) is 2.94. The maximum Gasteiger partial charge on any atom is 0.307 e. The highest BCUT2D eigenvalue weighted by molar-refractivity contribution is 5.86. The van der Waals surface area contributed by atoms with Crippen molar-refractivity contribution < 1.29 is 14.3 Å². The zero-order valence-corrected chi connectivity index (χ0v) is 10.7. The van der Waals surface area contributed by atoms with Gasteiger partial charge in [0.25, 0.3) is 0 Å². The molecule has 1 aliphatic heterocycles. The van der Waals surface area contributed by atoms with Crippen LogP contribution in [0.2, 0.25) is 0 Å². The number of hydrogen-bond acceptors (Lipinski definition) is 3. The SMILES string of the molecule is C[C@H]1[C@H](CC(=O)OC(C)(C)C)C(=O)N[C@@H]1C. The van der Waals surface area contributed by atoms with Crippen LogP contribution in [0.1, 0.15) is 41.0 Å². The average molecular weight is 227 g/mol. The second-order valence-electron chi connectivity index (χ2n) is 5.55. The number of carbonyl (C=O) groups excluding carboxylic acids is 2. The number of nitrogens with one attached hydrogen (secondary N) is 1. The van der Waals surface area contributed by atoms with E-state index in [2.05, 4.69) is 5.32 Å². The molecule has 1 rings (SSSR count). The third-order valence-electron chi connectivity index (χ3n) is 2.94. The molecule has 92 valence electrons. The highest BCUT2D eigenvalue weighted by Gasteiger charge is 2.38. The van der Waals surface area contributed by atoms with Crippen molar-refractivity contribution in [1.82, 2.24) is 5.32 Å². The molecule has 1 amide bonds. The predicted molar refractivity (Wildman–Crippen MR) is 60.7 cm³/mol. The molecule has 0 bridgehead atoms. The van der Waals surface area contributed by atoms with Gasteiger partial charge >= 0.3 is 5.97 Å². The van der Waals surface area contributed by atoms with Crippen LogP contribution in [0.15, 0.2) is 0 Å². The van der Waals surface area contributed by atoms with Crippen molar-refractivity contribution in [2.24, 2.45) is 11.8 Å². The Morgan fingerprint density at radius 1 is 1.38 bits per heavy atom. The summed E-state index contributed by atoms with van der Waals surface area (Å²) in [5.41, 5.74) is -0.485. The first-order valence-corrected chi connectivity index (χ1v) is 5.73. The van der Waals surface area contributed by atoms with E-state index in [-0.39, 0.29) is 36.2 Å². The minimum atomic E-state index is -0.485. The van der Waals surface area contributed by atoms with Crippen LogP contribution in [0.25, 0.3) is 0 Å². The Morgan fingerprint density at radius 3 is 2.31 bits per heavy atom. The summed E-state index contributed by atoms with van der Waals surface area (Å²) >= 11 is 0. The van der Waals surface area contributed by atoms with Crippen LogP contribution < -0.4 is 5.32 Å². The van der Waals surface area contributed by atoms with Crippen LogP contribution in [0.5, 0.6) is 0 Å². The van der Waals surface area contributed by atoms with E-state index in [0.29, 0.717) is 0 Å². The molecule has 1 saturated heterocycles. The van der Waals surface area contributed by atoms with Gasteiger partial charge in [-0.25, -0.2) is 0 Å². The third kappa shape index (κ3) is 3.22. The Hall–Kier alpha value is -1.06. The molecule has 3 atom stereocenters. The minimum Gasteiger partial charge on any atom is -0.460 e. The molecule has 4 heteroatoms. The highest BCUT2D eigenvalue weighted by Crippen LogP contribution is 2.26. The van der Waals surface area contributed by atoms with E-state index in [1.54, 1.807) is 0 Å². The molecule has 1 fully saturated rings. The summed E-state index contributed by atoms with van der Waals surface area (Å²) < 4.78 is 5.21. The number of amides is 1. The van der Waals surface area contributed by atoms with Crippen molar-refractivity contribution in [3.63, 3.8) is 0 Å². The van der Waals surface area contributed by atoms with Crippen LogP contribution in [0.4, 0.5) is 0 Å². The summed E-state index contributed by atoms with van der Waals surface area (Å²) in [7, 11) is 0. The topological polar surface area (TPSA) is 55.4 Å². The fourth-order valence-corrected chi connectivity index (χ4v) is 1.89. The Kier molecular flexibility index (Phi) is 3.61. The molecule has 0 saturated carbocycles. The molecule has 0 spiro atoms. The number of rotatable bonds is 2. The second-order valence-corrected chi connectivity index (χ2v) is 5.55. The van der Waals surface area contributed by atoms with Gasteiger partial charge in [-0.05, 0) is 33.6 Å². The fourth-order valence-electron chi connectivity index (χ4n) is 1.89. The fraction of sp³-hybridized carbons (Fsp3) is 0.833. The van der Waals surface area contributed by atoms with E-state index in [9.17, 15) is 9.59 Å². The van der Waals surface area contributed by atoms with Gasteiger partial charge in [-0.3, -0.25) is 9.59 Å². The van der Waals surface area contributed by atoms with Crippen LogP contribution >= 0.6 is 0 Å². The molecule has 1 heterocycles. The molecule has 1 N–H and O–H groups in total. The molecule has 16 heavy (non-hydrogen) atoms. The summed E-state index contributed by atoms with van der Waals surface area (Å²) in [4.78, 5) is 23.2. The Morgan fingerprint density at radius 2 is 1.94 bits per heavy atom. The van der Waals surface area contributed by atoms with Gasteiger partial charge in [-0.15, -0.1) is 0 Å². The predicted octanol–water partition coefficient (Wildman–Crippen LogP) is 1.49. The van der Waals surface area contributed by atoms with Crippen LogP contribution in [0.3, 0.4) is 0 Å². The van der Waals surface area contributed by atoms with E-state index < -0.39 is 5.60 Å². The van der Waals surface area contributed by atoms with E-state index in [0.717, 1.165) is 0 Å². The van der Waals surface area contributed by atoms with Crippen molar-refractivity contribution >= 4 is 11.9 Å². The first kappa shape index (κ1) is 13.0. The lowest BCUT2D eigenvalue weighted by molar-refractivity contribution is -0.157. The van der Waals surface area contributed by atoms with Gasteiger partial charge in [-0.1, -0.05) is 6.92 Å². The Bertz CT molecular complexity index is 293. The maximum absolute atomic E-state index is 11.6. The molecule has 4 nitrogen and oxygen atoms in total. The zero-order valence-electron chi connectivity index (χ0n) is 10.7. The van der Waals surface area contributed by atoms with Gasteiger partial charge in [0.1, 0.15) is 5.60 Å². The van der Waals surface area contributed by atoms with E-state index in [1.807, 2.05) is 34.6 Å². The van der Waals surface area contributed by atoms with Crippen molar-refractivity contribution in [3.8, 4) is 0 Å². The lowest BCUT2D eigenvalue weighted by atomic mass is 9.90. The van der Waals surface area contributed by atoms with Crippen molar-refractivity contribution in [3.05, 3.63) is 0 Å². The van der Waals surface area contributed by atoms with Crippen molar-refractivity contribution in [2.75, 3.05) is 0 Å². The normalized spacial score (nSPS) is 30.1. The average Bonchev–Trinajstić information content (AvgIpc) is 2.29. The number of hydrogen-bond donors (Lipinski definition) is 1. The molecular weight excluding hydrogens is 206 g/mol. The standard InChI is InChI=1S/C12H21NO3/c1-7-8(2)13-11(15)9(7)6-10(14)16-12(3,4)5/h7-9H,6H2,1-5H3,(H,13,15)/t7-,8-,9+/m1/s1. The Balaban J connectivity index is 2.55. The van der Waals surface area contributed by atoms with Gasteiger partial charge in [0.2, 0.25) is 5.91 Å². The first-order chi connectivity index (χ1) is 7.20. The van der Waals surface area contributed by atoms with Gasteiger partial charge < -0.3 is 10.1 Å². The molecule has 0 unspecified atom stereocenters. The van der Waals surface area contributed by atoms with Gasteiger partial charge in [0.05, 0.1) is 12.3 Å². The quantitative estimate of drug-likeness (QED) is 0.727. The summed E-state index contributed by atoms with van der Waals surface area (Å²) in [6, 6.07) is 0.139. The van der Waals surface area contributed by atoms with Gasteiger partial charge in [0, 0.05) is 6.04 Å². The Labute approximate surface area is 96.7 Å². The van der Waals surface area contributed by atoms with E-state index >= 15 is 0 Å². The van der Waals surface area contributed by atoms with Crippen LogP contribution in [0, 0.1) is 11.8 Å². The molecule has 0 aromatic rings. The monoisotopic (exact) mass is 227 g/mol. The molecule has 0 aromatic heterocycles. The molecule has 0 aromatic carbocycles. The summed E-state index contributed by atoms with van der Waals surface area (Å²) in [6.45, 7) is 9.41. The first-order valence-electron chi connectivity index (χ1n) is 5.73. The molecular formula is C12H21NO3. The molecule has 0 aliphatic carbocycles. The number of esters is 1. The number of ether oxygens (including phenoxy) is 1. The summed E-state index contributed by atoms with van der Waals surface area (Å²) in [5.74, 6) is -0.399. The summed E-state index contributed by atoms with van der Waals surface area (Å²) in [6.07, 6.45) is 0.175. The minimum absolute atomic E-state index is 0.0362. The van der Waals surface area contributed by atoms with E-state index in [4.69, 9.17) is 4.74 Å². The highest BCUT2D eigenvalue weighted by atomic mass is 16.6.